The number of ether oxygens (including phenoxy) is 1. The van der Waals surface area contributed by atoms with Crippen LogP contribution >= 0.6 is 0 Å². The summed E-state index contributed by atoms with van der Waals surface area (Å²) in [4.78, 5) is 22.5. The summed E-state index contributed by atoms with van der Waals surface area (Å²) in [6.45, 7) is 0. The fourth-order valence-corrected chi connectivity index (χ4v) is 2.47. The maximum Gasteiger partial charge on any atom is 0.270 e. The van der Waals surface area contributed by atoms with Gasteiger partial charge in [-0.3, -0.25) is 14.9 Å². The summed E-state index contributed by atoms with van der Waals surface area (Å²) < 4.78 is 5.08. The fraction of sp³-hybridized carbons (Fsp3) is 0.500. The van der Waals surface area contributed by atoms with E-state index in [1.807, 2.05) is 0 Å². The number of methoxy groups -OCH3 is 1. The lowest BCUT2D eigenvalue weighted by atomic mass is 9.93. The third kappa shape index (κ3) is 3.69. The van der Waals surface area contributed by atoms with Gasteiger partial charge in [-0.25, -0.2) is 0 Å². The summed E-state index contributed by atoms with van der Waals surface area (Å²) in [5, 5.41) is 23.1. The molecule has 1 saturated carbocycles. The topological polar surface area (TPSA) is 102 Å². The Morgan fingerprint density at radius 3 is 2.62 bits per heavy atom. The number of aliphatic hydroxyl groups is 1. The molecule has 1 fully saturated rings. The number of nitro groups is 1. The molecule has 1 amide bonds. The van der Waals surface area contributed by atoms with Crippen LogP contribution in [-0.4, -0.2) is 35.2 Å². The molecule has 2 rings (SSSR count). The van der Waals surface area contributed by atoms with Crippen LogP contribution < -0.4 is 10.1 Å². The van der Waals surface area contributed by atoms with E-state index in [-0.39, 0.29) is 23.4 Å². The SMILES string of the molecule is COc1ccc([N+](=O)[O-])cc1C(=O)NC1CCC(O)CC1. The second-order valence-electron chi connectivity index (χ2n) is 5.12. The number of carbonyl (C=O) groups excluding carboxylic acids is 1. The second kappa shape index (κ2) is 6.53. The molecule has 0 saturated heterocycles. The Hall–Kier alpha value is -2.15. The zero-order chi connectivity index (χ0) is 15.4. The Morgan fingerprint density at radius 1 is 1.38 bits per heavy atom. The molecule has 1 aliphatic rings. The van der Waals surface area contributed by atoms with Gasteiger partial charge in [-0.15, -0.1) is 0 Å². The van der Waals surface area contributed by atoms with Crippen molar-refractivity contribution < 1.29 is 19.6 Å². The number of nitrogens with zero attached hydrogens (tertiary/aromatic N) is 1. The molecule has 7 nitrogen and oxygen atoms in total. The standard InChI is InChI=1S/C14H18N2O5/c1-21-13-7-4-10(16(19)20)8-12(13)14(18)15-9-2-5-11(17)6-3-9/h4,7-9,11,17H,2-3,5-6H2,1H3,(H,15,18). The van der Waals surface area contributed by atoms with Gasteiger partial charge in [0.15, 0.2) is 0 Å². The molecule has 1 aliphatic carbocycles. The van der Waals surface area contributed by atoms with E-state index in [1.54, 1.807) is 0 Å². The van der Waals surface area contributed by atoms with E-state index in [9.17, 15) is 20.0 Å². The van der Waals surface area contributed by atoms with Crippen LogP contribution in [0.5, 0.6) is 5.75 Å². The average Bonchev–Trinajstić information content (AvgIpc) is 2.48. The van der Waals surface area contributed by atoms with E-state index in [0.29, 0.717) is 31.4 Å². The zero-order valence-electron chi connectivity index (χ0n) is 11.7. The number of benzene rings is 1. The molecule has 1 aromatic carbocycles. The Balaban J connectivity index is 2.13. The van der Waals surface area contributed by atoms with Crippen molar-refractivity contribution in [2.45, 2.75) is 37.8 Å². The van der Waals surface area contributed by atoms with Crippen LogP contribution in [0.25, 0.3) is 0 Å². The minimum absolute atomic E-state index is 0.0233. The van der Waals surface area contributed by atoms with Crippen molar-refractivity contribution in [1.82, 2.24) is 5.32 Å². The van der Waals surface area contributed by atoms with Crippen LogP contribution in [-0.2, 0) is 0 Å². The number of rotatable bonds is 4. The first-order chi connectivity index (χ1) is 10.0. The largest absolute Gasteiger partial charge is 0.496 e. The van der Waals surface area contributed by atoms with Crippen LogP contribution in [0.2, 0.25) is 0 Å². The van der Waals surface area contributed by atoms with Gasteiger partial charge >= 0.3 is 0 Å². The molecule has 114 valence electrons. The summed E-state index contributed by atoms with van der Waals surface area (Å²) >= 11 is 0. The van der Waals surface area contributed by atoms with Gasteiger partial charge in [-0.2, -0.15) is 0 Å². The van der Waals surface area contributed by atoms with Crippen molar-refractivity contribution in [2.75, 3.05) is 7.11 Å². The maximum atomic E-state index is 12.3. The van der Waals surface area contributed by atoms with Crippen molar-refractivity contribution >= 4 is 11.6 Å². The highest BCUT2D eigenvalue weighted by molar-refractivity contribution is 5.97. The van der Waals surface area contributed by atoms with Gasteiger partial charge in [0.1, 0.15) is 5.75 Å². The molecule has 2 N–H and O–H groups in total. The first-order valence-corrected chi connectivity index (χ1v) is 6.82. The molecule has 7 heteroatoms. The van der Waals surface area contributed by atoms with Gasteiger partial charge in [0.05, 0.1) is 23.7 Å². The fourth-order valence-electron chi connectivity index (χ4n) is 2.47. The lowest BCUT2D eigenvalue weighted by Crippen LogP contribution is -2.38. The lowest BCUT2D eigenvalue weighted by Gasteiger charge is -2.26. The summed E-state index contributed by atoms with van der Waals surface area (Å²) in [5.41, 5.74) is -0.00200. The number of nitro benzene ring substituents is 1. The van der Waals surface area contributed by atoms with E-state index in [1.165, 1.54) is 25.3 Å². The Kier molecular flexibility index (Phi) is 4.74. The predicted molar refractivity (Wildman–Crippen MR) is 75.4 cm³/mol. The second-order valence-corrected chi connectivity index (χ2v) is 5.12. The van der Waals surface area contributed by atoms with Gasteiger partial charge in [-0.05, 0) is 31.7 Å². The summed E-state index contributed by atoms with van der Waals surface area (Å²) in [6.07, 6.45) is 2.40. The molecule has 21 heavy (non-hydrogen) atoms. The van der Waals surface area contributed by atoms with Crippen LogP contribution in [0.4, 0.5) is 5.69 Å². The zero-order valence-corrected chi connectivity index (χ0v) is 11.7. The number of nitrogens with one attached hydrogen (secondary N) is 1. The molecule has 0 heterocycles. The van der Waals surface area contributed by atoms with Gasteiger partial charge in [0.25, 0.3) is 11.6 Å². The van der Waals surface area contributed by atoms with Crippen molar-refractivity contribution in [3.63, 3.8) is 0 Å². The molecule has 0 bridgehead atoms. The predicted octanol–water partition coefficient (Wildman–Crippen LogP) is 1.64. The molecule has 0 radical (unpaired) electrons. The summed E-state index contributed by atoms with van der Waals surface area (Å²) in [7, 11) is 1.41. The highest BCUT2D eigenvalue weighted by Gasteiger charge is 2.23. The van der Waals surface area contributed by atoms with Crippen molar-refractivity contribution in [2.24, 2.45) is 0 Å². The number of amides is 1. The Morgan fingerprint density at radius 2 is 2.05 bits per heavy atom. The van der Waals surface area contributed by atoms with Gasteiger partial charge in [0, 0.05) is 18.2 Å². The van der Waals surface area contributed by atoms with E-state index < -0.39 is 10.8 Å². The van der Waals surface area contributed by atoms with Gasteiger partial charge in [0.2, 0.25) is 0 Å². The minimum atomic E-state index is -0.548. The van der Waals surface area contributed by atoms with Crippen LogP contribution in [0.1, 0.15) is 36.0 Å². The summed E-state index contributed by atoms with van der Waals surface area (Å²) in [5.74, 6) is -0.0918. The van der Waals surface area contributed by atoms with Crippen molar-refractivity contribution in [3.05, 3.63) is 33.9 Å². The lowest BCUT2D eigenvalue weighted by molar-refractivity contribution is -0.384. The Labute approximate surface area is 122 Å². The molecular formula is C14H18N2O5. The van der Waals surface area contributed by atoms with Gasteiger partial charge in [-0.1, -0.05) is 0 Å². The third-order valence-corrected chi connectivity index (χ3v) is 3.67. The first-order valence-electron chi connectivity index (χ1n) is 6.82. The summed E-state index contributed by atoms with van der Waals surface area (Å²) in [6, 6.07) is 3.90. The van der Waals surface area contributed by atoms with E-state index in [4.69, 9.17) is 4.74 Å². The van der Waals surface area contributed by atoms with Crippen molar-refractivity contribution in [1.29, 1.82) is 0 Å². The monoisotopic (exact) mass is 294 g/mol. The van der Waals surface area contributed by atoms with Crippen LogP contribution in [0, 0.1) is 10.1 Å². The number of hydrogen-bond acceptors (Lipinski definition) is 5. The molecule has 1 aromatic rings. The van der Waals surface area contributed by atoms with Crippen LogP contribution in [0.3, 0.4) is 0 Å². The highest BCUT2D eigenvalue weighted by atomic mass is 16.6. The molecular weight excluding hydrogens is 276 g/mol. The smallest absolute Gasteiger partial charge is 0.270 e. The molecule has 0 aliphatic heterocycles. The van der Waals surface area contributed by atoms with Crippen molar-refractivity contribution in [3.8, 4) is 5.75 Å². The number of carbonyl (C=O) groups is 1. The maximum absolute atomic E-state index is 12.3. The molecule has 0 aromatic heterocycles. The first kappa shape index (κ1) is 15.2. The number of non-ortho nitro benzene ring substituents is 1. The normalized spacial score (nSPS) is 21.6. The van der Waals surface area contributed by atoms with E-state index >= 15 is 0 Å². The Bertz CT molecular complexity index is 538. The highest BCUT2D eigenvalue weighted by Crippen LogP contribution is 2.25. The molecule has 0 spiro atoms. The third-order valence-electron chi connectivity index (χ3n) is 3.67. The van der Waals surface area contributed by atoms with Crippen LogP contribution in [0.15, 0.2) is 18.2 Å². The minimum Gasteiger partial charge on any atom is -0.496 e. The molecule has 0 unspecified atom stereocenters. The quantitative estimate of drug-likeness (QED) is 0.649. The van der Waals surface area contributed by atoms with E-state index in [0.717, 1.165) is 0 Å². The van der Waals surface area contributed by atoms with E-state index in [2.05, 4.69) is 5.32 Å². The van der Waals surface area contributed by atoms with Gasteiger partial charge < -0.3 is 15.2 Å². The average molecular weight is 294 g/mol. The number of hydrogen-bond donors (Lipinski definition) is 2. The number of aliphatic hydroxyl groups excluding tert-OH is 1. The molecule has 0 atom stereocenters.